The maximum Gasteiger partial charge on any atom is 0.128 e. The zero-order chi connectivity index (χ0) is 14.8. The summed E-state index contributed by atoms with van der Waals surface area (Å²) in [4.78, 5) is 0. The van der Waals surface area contributed by atoms with Gasteiger partial charge in [0.15, 0.2) is 0 Å². The third-order valence-corrected chi connectivity index (χ3v) is 2.83. The van der Waals surface area contributed by atoms with Crippen LogP contribution in [0.3, 0.4) is 0 Å². The monoisotopic (exact) mass is 283 g/mol. The lowest BCUT2D eigenvalue weighted by molar-refractivity contribution is 0.0443. The molecule has 1 rings (SSSR count). The molecule has 0 saturated heterocycles. The van der Waals surface area contributed by atoms with Crippen LogP contribution in [0.5, 0.6) is 0 Å². The molecule has 0 aliphatic rings. The molecule has 0 aliphatic heterocycles. The maximum absolute atomic E-state index is 13.7. The van der Waals surface area contributed by atoms with Gasteiger partial charge in [-0.05, 0) is 37.1 Å². The highest BCUT2D eigenvalue weighted by Gasteiger charge is 2.04. The minimum absolute atomic E-state index is 0.214. The van der Waals surface area contributed by atoms with Gasteiger partial charge >= 0.3 is 0 Å². The molecule has 0 amide bonds. The van der Waals surface area contributed by atoms with Crippen LogP contribution in [0.25, 0.3) is 0 Å². The number of ether oxygens (including phenoxy) is 2. The van der Waals surface area contributed by atoms with Crippen molar-refractivity contribution in [2.24, 2.45) is 5.92 Å². The first-order valence-corrected chi connectivity index (χ1v) is 7.27. The van der Waals surface area contributed by atoms with Crippen molar-refractivity contribution in [3.63, 3.8) is 0 Å². The molecule has 1 aromatic rings. The number of hydrogen-bond donors (Lipinski definition) is 1. The Labute approximate surface area is 121 Å². The van der Waals surface area contributed by atoms with Gasteiger partial charge in [0.05, 0.1) is 19.8 Å². The summed E-state index contributed by atoms with van der Waals surface area (Å²) in [6.45, 7) is 9.97. The average Bonchev–Trinajstić information content (AvgIpc) is 2.41. The second kappa shape index (κ2) is 9.86. The van der Waals surface area contributed by atoms with Crippen LogP contribution in [0, 0.1) is 11.7 Å². The molecule has 114 valence electrons. The minimum Gasteiger partial charge on any atom is -0.379 e. The molecule has 3 nitrogen and oxygen atoms in total. The molecule has 0 aromatic heterocycles. The molecule has 0 unspecified atom stereocenters. The van der Waals surface area contributed by atoms with Gasteiger partial charge in [0.1, 0.15) is 5.82 Å². The second-order valence-electron chi connectivity index (χ2n) is 5.20. The van der Waals surface area contributed by atoms with Gasteiger partial charge in [0.25, 0.3) is 0 Å². The van der Waals surface area contributed by atoms with Crippen molar-refractivity contribution in [1.29, 1.82) is 0 Å². The summed E-state index contributed by atoms with van der Waals surface area (Å²) in [6, 6.07) is 5.18. The summed E-state index contributed by atoms with van der Waals surface area (Å²) in [7, 11) is 0. The standard InChI is InChI=1S/C16H26FNO2/c1-4-19-7-8-20-12-15-9-14(5-6-16(15)17)11-18-10-13(2)3/h5-6,9,13,18H,4,7-8,10-12H2,1-3H3. The van der Waals surface area contributed by atoms with Crippen LogP contribution in [-0.4, -0.2) is 26.4 Å². The van der Waals surface area contributed by atoms with E-state index >= 15 is 0 Å². The van der Waals surface area contributed by atoms with Crippen LogP contribution >= 0.6 is 0 Å². The molecule has 0 atom stereocenters. The molecule has 0 bridgehead atoms. The lowest BCUT2D eigenvalue weighted by atomic mass is 10.1. The fraction of sp³-hybridized carbons (Fsp3) is 0.625. The van der Waals surface area contributed by atoms with E-state index in [1.165, 1.54) is 6.07 Å². The zero-order valence-corrected chi connectivity index (χ0v) is 12.7. The molecular weight excluding hydrogens is 257 g/mol. The van der Waals surface area contributed by atoms with E-state index in [4.69, 9.17) is 9.47 Å². The Hall–Kier alpha value is -0.970. The third-order valence-electron chi connectivity index (χ3n) is 2.83. The number of benzene rings is 1. The molecule has 0 heterocycles. The summed E-state index contributed by atoms with van der Waals surface area (Å²) in [5, 5.41) is 3.35. The third kappa shape index (κ3) is 6.98. The van der Waals surface area contributed by atoms with E-state index in [1.54, 1.807) is 0 Å². The van der Waals surface area contributed by atoms with Crippen LogP contribution in [-0.2, 0) is 22.6 Å². The molecule has 0 spiro atoms. The molecule has 0 radical (unpaired) electrons. The normalized spacial score (nSPS) is 11.2. The highest BCUT2D eigenvalue weighted by molar-refractivity contribution is 5.24. The predicted octanol–water partition coefficient (Wildman–Crippen LogP) is 3.12. The molecular formula is C16H26FNO2. The number of nitrogens with one attached hydrogen (secondary N) is 1. The van der Waals surface area contributed by atoms with E-state index in [9.17, 15) is 4.39 Å². The summed E-state index contributed by atoms with van der Waals surface area (Å²) >= 11 is 0. The number of halogens is 1. The average molecular weight is 283 g/mol. The maximum atomic E-state index is 13.7. The van der Waals surface area contributed by atoms with Gasteiger partial charge in [-0.15, -0.1) is 0 Å². The van der Waals surface area contributed by atoms with Gasteiger partial charge < -0.3 is 14.8 Å². The van der Waals surface area contributed by atoms with E-state index in [0.29, 0.717) is 31.3 Å². The fourth-order valence-electron chi connectivity index (χ4n) is 1.80. The fourth-order valence-corrected chi connectivity index (χ4v) is 1.80. The van der Waals surface area contributed by atoms with Gasteiger partial charge in [-0.25, -0.2) is 4.39 Å². The van der Waals surface area contributed by atoms with Crippen molar-refractivity contribution < 1.29 is 13.9 Å². The van der Waals surface area contributed by atoms with E-state index in [0.717, 1.165) is 18.7 Å². The first kappa shape index (κ1) is 17.1. The van der Waals surface area contributed by atoms with E-state index in [1.807, 2.05) is 19.1 Å². The van der Waals surface area contributed by atoms with E-state index in [-0.39, 0.29) is 12.4 Å². The molecule has 0 fully saturated rings. The first-order chi connectivity index (χ1) is 9.63. The van der Waals surface area contributed by atoms with E-state index < -0.39 is 0 Å². The summed E-state index contributed by atoms with van der Waals surface area (Å²) in [6.07, 6.45) is 0. The Balaban J connectivity index is 2.40. The van der Waals surface area contributed by atoms with Crippen LogP contribution in [0.15, 0.2) is 18.2 Å². The van der Waals surface area contributed by atoms with Crippen LogP contribution in [0.4, 0.5) is 4.39 Å². The molecule has 0 saturated carbocycles. The Kier molecular flexibility index (Phi) is 8.42. The van der Waals surface area contributed by atoms with E-state index in [2.05, 4.69) is 19.2 Å². The largest absolute Gasteiger partial charge is 0.379 e. The highest BCUT2D eigenvalue weighted by Crippen LogP contribution is 2.12. The quantitative estimate of drug-likeness (QED) is 0.669. The number of rotatable bonds is 10. The Morgan fingerprint density at radius 3 is 2.65 bits per heavy atom. The van der Waals surface area contributed by atoms with Gasteiger partial charge in [-0.1, -0.05) is 19.9 Å². The lowest BCUT2D eigenvalue weighted by Crippen LogP contribution is -2.19. The lowest BCUT2D eigenvalue weighted by Gasteiger charge is -2.10. The minimum atomic E-state index is -0.214. The van der Waals surface area contributed by atoms with Crippen molar-refractivity contribution in [2.45, 2.75) is 33.9 Å². The molecule has 1 N–H and O–H groups in total. The van der Waals surface area contributed by atoms with Gasteiger partial charge in [-0.3, -0.25) is 0 Å². The Morgan fingerprint density at radius 1 is 1.20 bits per heavy atom. The topological polar surface area (TPSA) is 30.5 Å². The van der Waals surface area contributed by atoms with Crippen LogP contribution in [0.2, 0.25) is 0 Å². The summed E-state index contributed by atoms with van der Waals surface area (Å²) < 4.78 is 24.3. The SMILES string of the molecule is CCOCCOCc1cc(CNCC(C)C)ccc1F. The highest BCUT2D eigenvalue weighted by atomic mass is 19.1. The molecule has 0 aliphatic carbocycles. The van der Waals surface area contributed by atoms with Crippen molar-refractivity contribution in [3.8, 4) is 0 Å². The number of hydrogen-bond acceptors (Lipinski definition) is 3. The summed E-state index contributed by atoms with van der Waals surface area (Å²) in [5.74, 6) is 0.394. The Morgan fingerprint density at radius 2 is 1.95 bits per heavy atom. The summed E-state index contributed by atoms with van der Waals surface area (Å²) in [5.41, 5.74) is 1.68. The molecule has 1 aromatic carbocycles. The van der Waals surface area contributed by atoms with Crippen LogP contribution < -0.4 is 5.32 Å². The van der Waals surface area contributed by atoms with Gasteiger partial charge in [-0.2, -0.15) is 0 Å². The van der Waals surface area contributed by atoms with Gasteiger partial charge in [0.2, 0.25) is 0 Å². The predicted molar refractivity (Wildman–Crippen MR) is 79.1 cm³/mol. The van der Waals surface area contributed by atoms with Gasteiger partial charge in [0, 0.05) is 18.7 Å². The molecule has 20 heavy (non-hydrogen) atoms. The Bertz CT molecular complexity index is 383. The smallest absolute Gasteiger partial charge is 0.128 e. The van der Waals surface area contributed by atoms with Crippen molar-refractivity contribution in [3.05, 3.63) is 35.1 Å². The zero-order valence-electron chi connectivity index (χ0n) is 12.7. The second-order valence-corrected chi connectivity index (χ2v) is 5.20. The van der Waals surface area contributed by atoms with Crippen molar-refractivity contribution >= 4 is 0 Å². The molecule has 4 heteroatoms. The first-order valence-electron chi connectivity index (χ1n) is 7.27. The van der Waals surface area contributed by atoms with Crippen molar-refractivity contribution in [1.82, 2.24) is 5.32 Å². The van der Waals surface area contributed by atoms with Crippen molar-refractivity contribution in [2.75, 3.05) is 26.4 Å². The van der Waals surface area contributed by atoms with Crippen LogP contribution in [0.1, 0.15) is 31.9 Å².